The van der Waals surface area contributed by atoms with Crippen molar-refractivity contribution in [1.29, 1.82) is 0 Å². The van der Waals surface area contributed by atoms with Gasteiger partial charge in [-0.05, 0) is 13.0 Å². The molecule has 3 nitrogen and oxygen atoms in total. The molecular formula is C14H6Cl2F5NO2. The van der Waals surface area contributed by atoms with Gasteiger partial charge in [-0.3, -0.25) is 4.79 Å². The Morgan fingerprint density at radius 3 is 2.29 bits per heavy atom. The van der Waals surface area contributed by atoms with Crippen LogP contribution in [0, 0.1) is 18.6 Å². The molecule has 1 N–H and O–H groups in total. The number of phenolic OH excluding ortho intramolecular Hbond substituents is 1. The first kappa shape index (κ1) is 18.4. The second kappa shape index (κ2) is 6.18. The van der Waals surface area contributed by atoms with Crippen molar-refractivity contribution in [2.24, 2.45) is 0 Å². The van der Waals surface area contributed by atoms with Crippen molar-refractivity contribution in [3.63, 3.8) is 0 Å². The molecule has 2 aromatic rings. The van der Waals surface area contributed by atoms with E-state index in [0.717, 1.165) is 6.20 Å². The van der Waals surface area contributed by atoms with E-state index in [1.165, 1.54) is 6.92 Å². The van der Waals surface area contributed by atoms with Gasteiger partial charge in [0.2, 0.25) is 0 Å². The van der Waals surface area contributed by atoms with E-state index >= 15 is 0 Å². The van der Waals surface area contributed by atoms with E-state index in [0.29, 0.717) is 0 Å². The van der Waals surface area contributed by atoms with E-state index in [1.54, 1.807) is 0 Å². The molecule has 0 aliphatic rings. The van der Waals surface area contributed by atoms with Gasteiger partial charge < -0.3 is 5.11 Å². The van der Waals surface area contributed by atoms with Gasteiger partial charge in [0, 0.05) is 11.8 Å². The van der Waals surface area contributed by atoms with E-state index in [2.05, 4.69) is 4.98 Å². The van der Waals surface area contributed by atoms with E-state index in [9.17, 15) is 31.9 Å². The highest BCUT2D eigenvalue weighted by Gasteiger charge is 2.38. The van der Waals surface area contributed by atoms with Crippen molar-refractivity contribution < 1.29 is 31.9 Å². The molecule has 0 bridgehead atoms. The number of hydrogen-bond acceptors (Lipinski definition) is 3. The van der Waals surface area contributed by atoms with Gasteiger partial charge >= 0.3 is 6.18 Å². The third kappa shape index (κ3) is 3.03. The van der Waals surface area contributed by atoms with E-state index in [1.807, 2.05) is 0 Å². The first-order valence-corrected chi connectivity index (χ1v) is 6.85. The zero-order valence-corrected chi connectivity index (χ0v) is 13.1. The molecule has 0 unspecified atom stereocenters. The highest BCUT2D eigenvalue weighted by molar-refractivity contribution is 6.38. The molecule has 24 heavy (non-hydrogen) atoms. The fourth-order valence-corrected chi connectivity index (χ4v) is 2.28. The van der Waals surface area contributed by atoms with Crippen molar-refractivity contribution in [3.05, 3.63) is 56.3 Å². The number of nitrogens with zero attached hydrogens (tertiary/aromatic N) is 1. The van der Waals surface area contributed by atoms with Crippen LogP contribution in [0.4, 0.5) is 22.0 Å². The number of hydrogen-bond donors (Lipinski definition) is 1. The van der Waals surface area contributed by atoms with Gasteiger partial charge in [-0.25, -0.2) is 13.8 Å². The highest BCUT2D eigenvalue weighted by atomic mass is 35.5. The average Bonchev–Trinajstić information content (AvgIpc) is 2.49. The largest absolute Gasteiger partial charge is 0.503 e. The molecule has 0 amide bonds. The Morgan fingerprint density at radius 1 is 1.17 bits per heavy atom. The molecule has 0 aliphatic carbocycles. The van der Waals surface area contributed by atoms with Crippen LogP contribution in [0.3, 0.4) is 0 Å². The summed E-state index contributed by atoms with van der Waals surface area (Å²) >= 11 is 11.5. The third-order valence-electron chi connectivity index (χ3n) is 3.15. The molecule has 0 aliphatic heterocycles. The number of ketones is 1. The summed E-state index contributed by atoms with van der Waals surface area (Å²) in [6.07, 6.45) is -4.41. The number of aromatic nitrogens is 1. The van der Waals surface area contributed by atoms with Crippen molar-refractivity contribution in [2.45, 2.75) is 13.1 Å². The number of halogens is 7. The van der Waals surface area contributed by atoms with Crippen LogP contribution in [0.5, 0.6) is 5.75 Å². The summed E-state index contributed by atoms with van der Waals surface area (Å²) < 4.78 is 65.6. The molecule has 0 spiro atoms. The topological polar surface area (TPSA) is 50.2 Å². The molecular weight excluding hydrogens is 380 g/mol. The molecule has 10 heteroatoms. The quantitative estimate of drug-likeness (QED) is 0.453. The first-order chi connectivity index (χ1) is 11.0. The van der Waals surface area contributed by atoms with Gasteiger partial charge in [0.05, 0.1) is 21.7 Å². The Kier molecular flexibility index (Phi) is 4.74. The summed E-state index contributed by atoms with van der Waals surface area (Å²) in [6.45, 7) is 1.38. The molecule has 0 saturated carbocycles. The van der Waals surface area contributed by atoms with Gasteiger partial charge in [0.1, 0.15) is 5.15 Å². The average molecular weight is 386 g/mol. The number of alkyl halides is 3. The van der Waals surface area contributed by atoms with Crippen molar-refractivity contribution in [2.75, 3.05) is 0 Å². The highest BCUT2D eigenvalue weighted by Crippen LogP contribution is 2.38. The van der Waals surface area contributed by atoms with E-state index < -0.39 is 46.0 Å². The van der Waals surface area contributed by atoms with Crippen molar-refractivity contribution in [1.82, 2.24) is 4.98 Å². The number of rotatable bonds is 2. The number of carbonyl (C=O) groups excluding carboxylic acids is 1. The molecule has 0 fully saturated rings. The second-order valence-electron chi connectivity index (χ2n) is 4.68. The smallest absolute Gasteiger partial charge is 0.419 e. The standard InChI is InChI=1S/C14H6Cl2F5NO2/c1-4-8(15)6(3-22-13(4)16)11(23)5-2-7(14(19,20)21)10(18)12(24)9(5)17/h2-3,24H,1H3. The Hall–Kier alpha value is -1.93. The summed E-state index contributed by atoms with van der Waals surface area (Å²) in [5.74, 6) is -7.28. The molecule has 0 radical (unpaired) electrons. The maximum absolute atomic E-state index is 13.9. The summed E-state index contributed by atoms with van der Waals surface area (Å²) in [6, 6.07) is -0.0347. The number of benzene rings is 1. The third-order valence-corrected chi connectivity index (χ3v) is 4.02. The van der Waals surface area contributed by atoms with Gasteiger partial charge in [-0.15, -0.1) is 0 Å². The van der Waals surface area contributed by atoms with Crippen LogP contribution >= 0.6 is 23.2 Å². The minimum absolute atomic E-state index is 0.0347. The lowest BCUT2D eigenvalue weighted by molar-refractivity contribution is -0.140. The maximum atomic E-state index is 13.9. The van der Waals surface area contributed by atoms with Crippen LogP contribution < -0.4 is 0 Å². The van der Waals surface area contributed by atoms with Crippen LogP contribution in [-0.4, -0.2) is 15.9 Å². The minimum Gasteiger partial charge on any atom is -0.503 e. The maximum Gasteiger partial charge on any atom is 0.419 e. The number of pyridine rings is 1. The predicted octanol–water partition coefficient (Wildman–Crippen LogP) is 4.93. The van der Waals surface area contributed by atoms with Crippen LogP contribution in [0.1, 0.15) is 27.0 Å². The Morgan fingerprint density at radius 2 is 1.75 bits per heavy atom. The SMILES string of the molecule is Cc1c(Cl)ncc(C(=O)c2cc(C(F)(F)F)c(F)c(O)c2F)c1Cl. The monoisotopic (exact) mass is 385 g/mol. The first-order valence-electron chi connectivity index (χ1n) is 6.10. The number of carbonyl (C=O) groups is 1. The number of aromatic hydroxyl groups is 1. The molecule has 0 atom stereocenters. The second-order valence-corrected chi connectivity index (χ2v) is 5.41. The Bertz CT molecular complexity index is 852. The van der Waals surface area contributed by atoms with Crippen molar-refractivity contribution >= 4 is 29.0 Å². The fraction of sp³-hybridized carbons (Fsp3) is 0.143. The van der Waals surface area contributed by atoms with Crippen LogP contribution in [0.25, 0.3) is 0 Å². The molecule has 2 rings (SSSR count). The summed E-state index contributed by atoms with van der Waals surface area (Å²) in [4.78, 5) is 15.9. The zero-order chi connectivity index (χ0) is 18.4. The van der Waals surface area contributed by atoms with Crippen LogP contribution in [0.15, 0.2) is 12.3 Å². The minimum atomic E-state index is -5.25. The van der Waals surface area contributed by atoms with Gasteiger partial charge in [-0.1, -0.05) is 23.2 Å². The van der Waals surface area contributed by atoms with E-state index in [-0.39, 0.29) is 21.8 Å². The normalized spacial score (nSPS) is 11.7. The number of phenols is 1. The molecule has 128 valence electrons. The summed E-state index contributed by atoms with van der Waals surface area (Å²) in [5, 5.41) is 8.91. The summed E-state index contributed by atoms with van der Waals surface area (Å²) in [5.41, 5.74) is -3.49. The predicted molar refractivity (Wildman–Crippen MR) is 75.5 cm³/mol. The fourth-order valence-electron chi connectivity index (χ4n) is 1.86. The zero-order valence-electron chi connectivity index (χ0n) is 11.6. The molecule has 1 aromatic carbocycles. The van der Waals surface area contributed by atoms with Gasteiger partial charge in [0.15, 0.2) is 23.2 Å². The molecule has 1 heterocycles. The Balaban J connectivity index is 2.71. The van der Waals surface area contributed by atoms with Crippen LogP contribution in [0.2, 0.25) is 10.2 Å². The van der Waals surface area contributed by atoms with Gasteiger partial charge in [-0.2, -0.15) is 13.2 Å². The molecule has 0 saturated heterocycles. The van der Waals surface area contributed by atoms with Crippen molar-refractivity contribution in [3.8, 4) is 5.75 Å². The van der Waals surface area contributed by atoms with E-state index in [4.69, 9.17) is 23.2 Å². The molecule has 1 aromatic heterocycles. The summed E-state index contributed by atoms with van der Waals surface area (Å²) in [7, 11) is 0. The lowest BCUT2D eigenvalue weighted by Gasteiger charge is -2.13. The lowest BCUT2D eigenvalue weighted by Crippen LogP contribution is -2.14. The van der Waals surface area contributed by atoms with Crippen LogP contribution in [-0.2, 0) is 6.18 Å². The van der Waals surface area contributed by atoms with Gasteiger partial charge in [0.25, 0.3) is 0 Å². The lowest BCUT2D eigenvalue weighted by atomic mass is 9.99. The Labute approximate surface area is 141 Å².